The molecule has 0 fully saturated rings. The zero-order chi connectivity index (χ0) is 22.1. The molecule has 2 N–H and O–H groups in total. The van der Waals surface area contributed by atoms with Crippen molar-refractivity contribution in [2.24, 2.45) is 0 Å². The zero-order valence-electron chi connectivity index (χ0n) is 17.6. The zero-order valence-corrected chi connectivity index (χ0v) is 17.6. The predicted molar refractivity (Wildman–Crippen MR) is 112 cm³/mol. The third kappa shape index (κ3) is 6.13. The number of hydrogen-bond donors (Lipinski definition) is 2. The summed E-state index contributed by atoms with van der Waals surface area (Å²) in [5.74, 6) is -1.37. The minimum atomic E-state index is -1.13. The molecule has 0 saturated heterocycles. The number of amides is 3. The molecule has 1 aromatic heterocycles. The van der Waals surface area contributed by atoms with E-state index in [4.69, 9.17) is 4.74 Å². The van der Waals surface area contributed by atoms with Crippen LogP contribution in [-0.4, -0.2) is 40.1 Å². The van der Waals surface area contributed by atoms with E-state index < -0.39 is 24.0 Å². The van der Waals surface area contributed by atoms with Crippen LogP contribution in [0.5, 0.6) is 0 Å². The number of rotatable bonds is 9. The summed E-state index contributed by atoms with van der Waals surface area (Å²) in [6.07, 6.45) is 0.659. The van der Waals surface area contributed by atoms with Crippen LogP contribution in [0.2, 0.25) is 0 Å². The number of nitrogens with one attached hydrogen (secondary N) is 2. The van der Waals surface area contributed by atoms with Crippen molar-refractivity contribution < 1.29 is 19.1 Å². The van der Waals surface area contributed by atoms with Crippen molar-refractivity contribution in [1.29, 1.82) is 0 Å². The first-order chi connectivity index (χ1) is 14.4. The lowest BCUT2D eigenvalue weighted by atomic mass is 10.2. The molecular formula is C21H28N4O5. The summed E-state index contributed by atoms with van der Waals surface area (Å²) in [5, 5.41) is 4.50. The van der Waals surface area contributed by atoms with Crippen molar-refractivity contribution in [3.8, 4) is 0 Å². The molecule has 0 aliphatic heterocycles. The van der Waals surface area contributed by atoms with Crippen molar-refractivity contribution in [3.63, 3.8) is 0 Å². The van der Waals surface area contributed by atoms with Crippen LogP contribution >= 0.6 is 0 Å². The summed E-state index contributed by atoms with van der Waals surface area (Å²) in [7, 11) is 0. The van der Waals surface area contributed by atoms with Crippen LogP contribution < -0.4 is 16.2 Å². The Morgan fingerprint density at radius 1 is 1.20 bits per heavy atom. The number of hydrogen-bond acceptors (Lipinski definition) is 6. The summed E-state index contributed by atoms with van der Waals surface area (Å²) in [6, 6.07) is 6.73. The molecule has 0 radical (unpaired) electrons. The Balaban J connectivity index is 2.05. The summed E-state index contributed by atoms with van der Waals surface area (Å²) < 4.78 is 6.76. The summed E-state index contributed by atoms with van der Waals surface area (Å²) in [4.78, 5) is 52.7. The Hall–Kier alpha value is -3.23. The first-order valence-electron chi connectivity index (χ1n) is 10.1. The van der Waals surface area contributed by atoms with Crippen molar-refractivity contribution in [1.82, 2.24) is 20.2 Å². The average Bonchev–Trinajstić information content (AvgIpc) is 2.71. The third-order valence-electron chi connectivity index (χ3n) is 4.47. The Kier molecular flexibility index (Phi) is 8.52. The van der Waals surface area contributed by atoms with E-state index in [1.54, 1.807) is 11.5 Å². The normalized spacial score (nSPS) is 11.7. The van der Waals surface area contributed by atoms with Gasteiger partial charge in [0.1, 0.15) is 5.69 Å². The van der Waals surface area contributed by atoms with Crippen LogP contribution in [0.3, 0.4) is 0 Å². The van der Waals surface area contributed by atoms with Crippen LogP contribution in [0.15, 0.2) is 29.1 Å². The fraction of sp³-hybridized carbons (Fsp3) is 0.476. The second-order valence-corrected chi connectivity index (χ2v) is 6.84. The average molecular weight is 416 g/mol. The van der Waals surface area contributed by atoms with Gasteiger partial charge < -0.3 is 14.6 Å². The first-order valence-corrected chi connectivity index (χ1v) is 10.1. The van der Waals surface area contributed by atoms with E-state index in [1.165, 1.54) is 6.92 Å². The highest BCUT2D eigenvalue weighted by molar-refractivity contribution is 5.97. The van der Waals surface area contributed by atoms with Crippen molar-refractivity contribution in [2.45, 2.75) is 59.1 Å². The molecule has 0 aliphatic rings. The van der Waals surface area contributed by atoms with Gasteiger partial charge >= 0.3 is 12.0 Å². The second kappa shape index (κ2) is 11.1. The number of aromatic nitrogens is 2. The van der Waals surface area contributed by atoms with E-state index in [2.05, 4.69) is 22.5 Å². The van der Waals surface area contributed by atoms with Crippen LogP contribution in [0.4, 0.5) is 4.79 Å². The third-order valence-corrected chi connectivity index (χ3v) is 4.47. The molecule has 0 saturated carbocycles. The maximum absolute atomic E-state index is 12.9. The topological polar surface area (TPSA) is 119 Å². The molecule has 0 spiro atoms. The number of urea groups is 1. The van der Waals surface area contributed by atoms with E-state index in [-0.39, 0.29) is 24.1 Å². The highest BCUT2D eigenvalue weighted by atomic mass is 16.5. The van der Waals surface area contributed by atoms with Gasteiger partial charge in [-0.25, -0.2) is 9.78 Å². The van der Waals surface area contributed by atoms with Crippen molar-refractivity contribution in [3.05, 3.63) is 40.3 Å². The number of unbranched alkanes of at least 4 members (excludes halogenated alkanes) is 1. The van der Waals surface area contributed by atoms with Crippen LogP contribution in [0.25, 0.3) is 11.0 Å². The fourth-order valence-electron chi connectivity index (χ4n) is 2.89. The lowest BCUT2D eigenvalue weighted by Gasteiger charge is -2.14. The molecule has 0 unspecified atom stereocenters. The number of imide groups is 1. The number of carbonyl (C=O) groups excluding carboxylic acids is 3. The van der Waals surface area contributed by atoms with Crippen LogP contribution in [-0.2, 0) is 27.3 Å². The molecule has 162 valence electrons. The van der Waals surface area contributed by atoms with Gasteiger partial charge in [0.2, 0.25) is 0 Å². The van der Waals surface area contributed by atoms with E-state index in [0.717, 1.165) is 18.4 Å². The SMILES string of the molecule is CCCCn1c(=O)c(CCC(=O)O[C@@H](C)C(=O)NC(=O)NCC)nc2ccccc21. The monoisotopic (exact) mass is 416 g/mol. The van der Waals surface area contributed by atoms with Crippen LogP contribution in [0, 0.1) is 0 Å². The van der Waals surface area contributed by atoms with Gasteiger partial charge in [0.25, 0.3) is 11.5 Å². The molecule has 1 atom stereocenters. The maximum atomic E-state index is 12.9. The smallest absolute Gasteiger partial charge is 0.321 e. The fourth-order valence-corrected chi connectivity index (χ4v) is 2.89. The number of aryl methyl sites for hydroxylation is 2. The predicted octanol–water partition coefficient (Wildman–Crippen LogP) is 1.91. The molecular weight excluding hydrogens is 388 g/mol. The van der Waals surface area contributed by atoms with Gasteiger partial charge in [-0.2, -0.15) is 0 Å². The Labute approximate surface area is 174 Å². The standard InChI is InChI=1S/C21H28N4O5/c1-4-6-13-25-17-10-8-7-9-15(17)23-16(20(25)28)11-12-18(26)30-14(3)19(27)24-21(29)22-5-2/h7-10,14H,4-6,11-13H2,1-3H3,(H2,22,24,27,29)/t14-/m0/s1. The quantitative estimate of drug-likeness (QED) is 0.603. The summed E-state index contributed by atoms with van der Waals surface area (Å²) in [5.41, 5.74) is 1.50. The molecule has 2 rings (SSSR count). The number of ether oxygens (including phenoxy) is 1. The number of esters is 1. The number of carbonyl (C=O) groups is 3. The Bertz CT molecular complexity index is 970. The van der Waals surface area contributed by atoms with Gasteiger partial charge in [-0.15, -0.1) is 0 Å². The van der Waals surface area contributed by atoms with E-state index in [1.807, 2.05) is 24.3 Å². The summed E-state index contributed by atoms with van der Waals surface area (Å²) >= 11 is 0. The van der Waals surface area contributed by atoms with Gasteiger partial charge in [0.15, 0.2) is 6.10 Å². The highest BCUT2D eigenvalue weighted by Gasteiger charge is 2.20. The Morgan fingerprint density at radius 3 is 2.63 bits per heavy atom. The largest absolute Gasteiger partial charge is 0.453 e. The molecule has 1 aromatic carbocycles. The van der Waals surface area contributed by atoms with Crippen molar-refractivity contribution >= 4 is 28.9 Å². The Morgan fingerprint density at radius 2 is 1.93 bits per heavy atom. The molecule has 9 nitrogen and oxygen atoms in total. The minimum Gasteiger partial charge on any atom is -0.453 e. The van der Waals surface area contributed by atoms with Gasteiger partial charge in [-0.3, -0.25) is 19.7 Å². The molecule has 1 heterocycles. The van der Waals surface area contributed by atoms with Crippen molar-refractivity contribution in [2.75, 3.05) is 6.54 Å². The number of benzene rings is 1. The van der Waals surface area contributed by atoms with E-state index in [0.29, 0.717) is 18.6 Å². The number of fused-ring (bicyclic) bond motifs is 1. The van der Waals surface area contributed by atoms with E-state index in [9.17, 15) is 19.2 Å². The molecule has 30 heavy (non-hydrogen) atoms. The molecule has 3 amide bonds. The van der Waals surface area contributed by atoms with Gasteiger partial charge in [0, 0.05) is 19.5 Å². The summed E-state index contributed by atoms with van der Waals surface area (Å²) in [6.45, 7) is 6.08. The molecule has 2 aromatic rings. The molecule has 0 bridgehead atoms. The number of nitrogens with zero attached hydrogens (tertiary/aromatic N) is 2. The van der Waals surface area contributed by atoms with Gasteiger partial charge in [0.05, 0.1) is 17.5 Å². The van der Waals surface area contributed by atoms with Gasteiger partial charge in [-0.1, -0.05) is 25.5 Å². The first kappa shape index (κ1) is 23.1. The lowest BCUT2D eigenvalue weighted by Crippen LogP contribution is -2.44. The highest BCUT2D eigenvalue weighted by Crippen LogP contribution is 2.12. The van der Waals surface area contributed by atoms with Crippen LogP contribution in [0.1, 0.15) is 45.7 Å². The van der Waals surface area contributed by atoms with E-state index >= 15 is 0 Å². The molecule has 9 heteroatoms. The molecule has 0 aliphatic carbocycles. The second-order valence-electron chi connectivity index (χ2n) is 6.84. The number of para-hydroxylation sites is 2. The van der Waals surface area contributed by atoms with Gasteiger partial charge in [-0.05, 0) is 32.4 Å². The minimum absolute atomic E-state index is 0.0965. The maximum Gasteiger partial charge on any atom is 0.321 e. The lowest BCUT2D eigenvalue weighted by molar-refractivity contribution is -0.154.